The number of hydrogen-bond donors (Lipinski definition) is 1. The van der Waals surface area contributed by atoms with E-state index in [4.69, 9.17) is 5.11 Å². The van der Waals surface area contributed by atoms with Crippen LogP contribution >= 0.6 is 0 Å². The van der Waals surface area contributed by atoms with E-state index in [1.807, 2.05) is 18.2 Å². The number of carboxylic acid groups (broad SMARTS) is 1. The molecule has 0 fully saturated rings. The Morgan fingerprint density at radius 3 is 3.05 bits per heavy atom. The molecule has 0 amide bonds. The molecule has 1 atom stereocenters. The number of carboxylic acids is 1. The summed E-state index contributed by atoms with van der Waals surface area (Å²) in [5.74, 6) is -0.180. The second-order valence-electron chi connectivity index (χ2n) is 5.10. The number of aromatic nitrogens is 1. The van der Waals surface area contributed by atoms with Crippen LogP contribution in [0.1, 0.15) is 12.5 Å². The van der Waals surface area contributed by atoms with Crippen LogP contribution in [0.4, 0.5) is 5.82 Å². The van der Waals surface area contributed by atoms with Crippen molar-refractivity contribution in [3.8, 4) is 0 Å². The van der Waals surface area contributed by atoms with Crippen molar-refractivity contribution in [1.82, 2.24) is 4.98 Å². The van der Waals surface area contributed by atoms with E-state index in [1.165, 1.54) is 5.56 Å². The summed E-state index contributed by atoms with van der Waals surface area (Å²) in [6.07, 6.45) is 0.944. The summed E-state index contributed by atoms with van der Waals surface area (Å²) in [7, 11) is 0. The molecule has 2 aromatic rings. The molecule has 19 heavy (non-hydrogen) atoms. The molecule has 4 nitrogen and oxygen atoms in total. The van der Waals surface area contributed by atoms with Crippen LogP contribution in [0.2, 0.25) is 0 Å². The fourth-order valence-corrected chi connectivity index (χ4v) is 2.56. The Hall–Kier alpha value is -2.10. The number of nitrogens with zero attached hydrogens (tertiary/aromatic N) is 2. The Labute approximate surface area is 111 Å². The molecule has 0 radical (unpaired) electrons. The van der Waals surface area contributed by atoms with Crippen molar-refractivity contribution in [3.05, 3.63) is 35.9 Å². The first-order chi connectivity index (χ1) is 9.15. The van der Waals surface area contributed by atoms with Crippen molar-refractivity contribution in [2.75, 3.05) is 18.0 Å². The summed E-state index contributed by atoms with van der Waals surface area (Å²) in [6, 6.07) is 10.2. The zero-order valence-corrected chi connectivity index (χ0v) is 10.8. The van der Waals surface area contributed by atoms with Gasteiger partial charge < -0.3 is 10.0 Å². The second-order valence-corrected chi connectivity index (χ2v) is 5.10. The summed E-state index contributed by atoms with van der Waals surface area (Å²) >= 11 is 0. The molecule has 98 valence electrons. The van der Waals surface area contributed by atoms with Crippen molar-refractivity contribution in [3.63, 3.8) is 0 Å². The second kappa shape index (κ2) is 4.53. The molecule has 4 heteroatoms. The first-order valence-electron chi connectivity index (χ1n) is 6.51. The Balaban J connectivity index is 1.95. The highest BCUT2D eigenvalue weighted by Crippen LogP contribution is 2.29. The van der Waals surface area contributed by atoms with Gasteiger partial charge in [0.25, 0.3) is 0 Å². The number of pyridine rings is 1. The van der Waals surface area contributed by atoms with Crippen molar-refractivity contribution >= 4 is 22.7 Å². The minimum atomic E-state index is -0.755. The van der Waals surface area contributed by atoms with Gasteiger partial charge in [0, 0.05) is 18.5 Å². The SMILES string of the molecule is CC(CN1CCc2cc3ccccc3nc21)C(=O)O. The zero-order valence-electron chi connectivity index (χ0n) is 10.8. The molecule has 3 rings (SSSR count). The van der Waals surface area contributed by atoms with E-state index in [1.54, 1.807) is 6.92 Å². The summed E-state index contributed by atoms with van der Waals surface area (Å²) < 4.78 is 0. The molecule has 0 saturated heterocycles. The standard InChI is InChI=1S/C15H16N2O2/c1-10(15(18)19)9-17-7-6-12-8-11-4-2-3-5-13(11)16-14(12)17/h2-5,8,10H,6-7,9H2,1H3,(H,18,19). The molecule has 0 spiro atoms. The highest BCUT2D eigenvalue weighted by molar-refractivity contribution is 5.82. The Morgan fingerprint density at radius 2 is 2.26 bits per heavy atom. The lowest BCUT2D eigenvalue weighted by atomic mass is 10.1. The van der Waals surface area contributed by atoms with Gasteiger partial charge >= 0.3 is 5.97 Å². The minimum Gasteiger partial charge on any atom is -0.481 e. The molecule has 0 saturated carbocycles. The van der Waals surface area contributed by atoms with E-state index in [9.17, 15) is 4.79 Å². The third-order valence-corrected chi connectivity index (χ3v) is 3.65. The quantitative estimate of drug-likeness (QED) is 0.915. The Bertz CT molecular complexity index is 639. The summed E-state index contributed by atoms with van der Waals surface area (Å²) in [6.45, 7) is 3.12. The number of aliphatic carboxylic acids is 1. The topological polar surface area (TPSA) is 53.4 Å². The minimum absolute atomic E-state index is 0.376. The van der Waals surface area contributed by atoms with Gasteiger partial charge in [-0.1, -0.05) is 25.1 Å². The van der Waals surface area contributed by atoms with Gasteiger partial charge in [0.2, 0.25) is 0 Å². The predicted octanol–water partition coefficient (Wildman–Crippen LogP) is 2.32. The van der Waals surface area contributed by atoms with Crippen LogP contribution in [-0.2, 0) is 11.2 Å². The van der Waals surface area contributed by atoms with Gasteiger partial charge in [0.1, 0.15) is 5.82 Å². The first kappa shape index (κ1) is 12.0. The van der Waals surface area contributed by atoms with E-state index in [2.05, 4.69) is 22.0 Å². The smallest absolute Gasteiger partial charge is 0.308 e. The molecule has 1 unspecified atom stereocenters. The number of benzene rings is 1. The lowest BCUT2D eigenvalue weighted by Crippen LogP contribution is -2.30. The first-order valence-corrected chi connectivity index (χ1v) is 6.51. The van der Waals surface area contributed by atoms with Crippen molar-refractivity contribution in [2.45, 2.75) is 13.3 Å². The van der Waals surface area contributed by atoms with Crippen molar-refractivity contribution in [1.29, 1.82) is 0 Å². The van der Waals surface area contributed by atoms with Crippen LogP contribution in [0.15, 0.2) is 30.3 Å². The van der Waals surface area contributed by atoms with Gasteiger partial charge in [0.05, 0.1) is 11.4 Å². The van der Waals surface area contributed by atoms with Crippen LogP contribution in [0.25, 0.3) is 10.9 Å². The van der Waals surface area contributed by atoms with Gasteiger partial charge in [0.15, 0.2) is 0 Å². The van der Waals surface area contributed by atoms with Gasteiger partial charge in [-0.15, -0.1) is 0 Å². The maximum absolute atomic E-state index is 11.0. The lowest BCUT2D eigenvalue weighted by molar-refractivity contribution is -0.140. The molecule has 1 aromatic carbocycles. The summed E-state index contributed by atoms with van der Waals surface area (Å²) in [5, 5.41) is 10.2. The largest absolute Gasteiger partial charge is 0.481 e. The maximum Gasteiger partial charge on any atom is 0.308 e. The third-order valence-electron chi connectivity index (χ3n) is 3.65. The Kier molecular flexibility index (Phi) is 2.85. The predicted molar refractivity (Wildman–Crippen MR) is 74.5 cm³/mol. The molecule has 1 aliphatic heterocycles. The van der Waals surface area contributed by atoms with E-state index >= 15 is 0 Å². The Morgan fingerprint density at radius 1 is 1.47 bits per heavy atom. The maximum atomic E-state index is 11.0. The molecule has 1 aromatic heterocycles. The number of carbonyl (C=O) groups is 1. The normalized spacial score (nSPS) is 15.5. The van der Waals surface area contributed by atoms with Crippen LogP contribution < -0.4 is 4.90 Å². The van der Waals surface area contributed by atoms with E-state index in [-0.39, 0.29) is 5.92 Å². The average molecular weight is 256 g/mol. The average Bonchev–Trinajstić information content (AvgIpc) is 2.78. The molecular formula is C15H16N2O2. The van der Waals surface area contributed by atoms with Gasteiger partial charge in [-0.3, -0.25) is 4.79 Å². The van der Waals surface area contributed by atoms with Gasteiger partial charge in [-0.25, -0.2) is 4.98 Å². The van der Waals surface area contributed by atoms with Crippen LogP contribution in [-0.4, -0.2) is 29.1 Å². The van der Waals surface area contributed by atoms with Crippen LogP contribution in [0.3, 0.4) is 0 Å². The van der Waals surface area contributed by atoms with Gasteiger partial charge in [-0.2, -0.15) is 0 Å². The molecular weight excluding hydrogens is 240 g/mol. The summed E-state index contributed by atoms with van der Waals surface area (Å²) in [5.41, 5.74) is 2.19. The molecule has 2 heterocycles. The zero-order chi connectivity index (χ0) is 13.4. The van der Waals surface area contributed by atoms with E-state index < -0.39 is 5.97 Å². The fraction of sp³-hybridized carbons (Fsp3) is 0.333. The van der Waals surface area contributed by atoms with Crippen LogP contribution in [0, 0.1) is 5.92 Å². The molecule has 1 aliphatic rings. The van der Waals surface area contributed by atoms with E-state index in [0.717, 1.165) is 29.7 Å². The van der Waals surface area contributed by atoms with Crippen molar-refractivity contribution < 1.29 is 9.90 Å². The number of hydrogen-bond acceptors (Lipinski definition) is 3. The third kappa shape index (κ3) is 2.14. The lowest BCUT2D eigenvalue weighted by Gasteiger charge is -2.20. The fourth-order valence-electron chi connectivity index (χ4n) is 2.56. The highest BCUT2D eigenvalue weighted by Gasteiger charge is 2.24. The molecule has 0 aliphatic carbocycles. The molecule has 0 bridgehead atoms. The number of rotatable bonds is 3. The number of para-hydroxylation sites is 1. The van der Waals surface area contributed by atoms with Crippen LogP contribution in [0.5, 0.6) is 0 Å². The number of anilines is 1. The number of fused-ring (bicyclic) bond motifs is 2. The van der Waals surface area contributed by atoms with E-state index in [0.29, 0.717) is 6.54 Å². The monoisotopic (exact) mass is 256 g/mol. The highest BCUT2D eigenvalue weighted by atomic mass is 16.4. The van der Waals surface area contributed by atoms with Gasteiger partial charge in [-0.05, 0) is 24.1 Å². The van der Waals surface area contributed by atoms with Crippen molar-refractivity contribution in [2.24, 2.45) is 5.92 Å². The summed E-state index contributed by atoms with van der Waals surface area (Å²) in [4.78, 5) is 17.7. The molecule has 1 N–H and O–H groups in total.